The Labute approximate surface area is 202 Å². The van der Waals surface area contributed by atoms with Crippen molar-refractivity contribution in [3.05, 3.63) is 46.3 Å². The number of hydrogen-bond donors (Lipinski definition) is 2. The lowest BCUT2D eigenvalue weighted by atomic mass is 10.2. The van der Waals surface area contributed by atoms with Crippen LogP contribution in [0.1, 0.15) is 24.2 Å². The summed E-state index contributed by atoms with van der Waals surface area (Å²) in [4.78, 5) is 48.1. The van der Waals surface area contributed by atoms with Gasteiger partial charge in [-0.1, -0.05) is 0 Å². The van der Waals surface area contributed by atoms with E-state index in [1.807, 2.05) is 19.9 Å². The molecule has 0 spiro atoms. The van der Waals surface area contributed by atoms with Crippen LogP contribution in [0.5, 0.6) is 5.88 Å². The second-order valence-electron chi connectivity index (χ2n) is 7.85. The average Bonchev–Trinajstić information content (AvgIpc) is 2.80. The topological polar surface area (TPSA) is 164 Å². The fraction of sp³-hybridized carbons (Fsp3) is 0.500. The van der Waals surface area contributed by atoms with Crippen LogP contribution in [-0.4, -0.2) is 91.1 Å². The maximum atomic E-state index is 11.4. The van der Waals surface area contributed by atoms with Gasteiger partial charge in [0.25, 0.3) is 0 Å². The molecule has 0 aromatic carbocycles. The minimum absolute atomic E-state index is 0.292. The molecule has 2 N–H and O–H groups in total. The Balaban J connectivity index is 0.000000466. The van der Waals surface area contributed by atoms with Crippen LogP contribution in [0.15, 0.2) is 29.2 Å². The Kier molecular flexibility index (Phi) is 10.8. The number of nitrogens with zero attached hydrogens (tertiary/aromatic N) is 7. The van der Waals surface area contributed by atoms with Crippen LogP contribution in [0.2, 0.25) is 0 Å². The molecule has 1 saturated heterocycles. The van der Waals surface area contributed by atoms with E-state index < -0.39 is 17.6 Å². The van der Waals surface area contributed by atoms with E-state index in [1.165, 1.54) is 10.9 Å². The van der Waals surface area contributed by atoms with Gasteiger partial charge in [-0.15, -0.1) is 0 Å². The van der Waals surface area contributed by atoms with Gasteiger partial charge in [0.05, 0.1) is 6.61 Å². The van der Waals surface area contributed by atoms with E-state index in [2.05, 4.69) is 29.9 Å². The minimum atomic E-state index is -1.26. The first-order valence-electron chi connectivity index (χ1n) is 11.1. The van der Waals surface area contributed by atoms with Crippen LogP contribution in [0.4, 0.5) is 5.95 Å². The standard InChI is InChI=1S/C18H27N7O2.C4H4O4/c1-14-12-15(2)21-17(20-14)25-9-7-24(8-10-25)6-4-5-11-27-16-13-19-23(3)18(26)22-16;5-3(6)1-2-4(7)8/h12-13H,4-11H2,1-3H3;1-2H,(H,5,6)(H,7,8). The molecule has 3 rings (SSSR count). The summed E-state index contributed by atoms with van der Waals surface area (Å²) in [5.74, 6) is -1.38. The highest BCUT2D eigenvalue weighted by Gasteiger charge is 2.19. The molecule has 0 saturated carbocycles. The van der Waals surface area contributed by atoms with Crippen molar-refractivity contribution >= 4 is 17.9 Å². The highest BCUT2D eigenvalue weighted by Crippen LogP contribution is 2.13. The van der Waals surface area contributed by atoms with Crippen molar-refractivity contribution < 1.29 is 24.5 Å². The lowest BCUT2D eigenvalue weighted by molar-refractivity contribution is -0.134. The van der Waals surface area contributed by atoms with E-state index in [4.69, 9.17) is 14.9 Å². The van der Waals surface area contributed by atoms with Crippen LogP contribution in [-0.2, 0) is 16.6 Å². The van der Waals surface area contributed by atoms with Crippen molar-refractivity contribution in [2.75, 3.05) is 44.2 Å². The molecule has 0 atom stereocenters. The molecule has 13 nitrogen and oxygen atoms in total. The molecule has 0 radical (unpaired) electrons. The number of aromatic nitrogens is 5. The number of aliphatic carboxylic acids is 2. The van der Waals surface area contributed by atoms with E-state index in [1.54, 1.807) is 7.05 Å². The summed E-state index contributed by atoms with van der Waals surface area (Å²) >= 11 is 0. The van der Waals surface area contributed by atoms with Crippen molar-refractivity contribution in [3.63, 3.8) is 0 Å². The van der Waals surface area contributed by atoms with Crippen molar-refractivity contribution in [1.29, 1.82) is 0 Å². The summed E-state index contributed by atoms with van der Waals surface area (Å²) in [7, 11) is 1.56. The summed E-state index contributed by atoms with van der Waals surface area (Å²) in [6.07, 6.45) is 4.54. The number of carboxylic acid groups (broad SMARTS) is 2. The Morgan fingerprint density at radius 1 is 1.00 bits per heavy atom. The number of carboxylic acids is 2. The zero-order valence-electron chi connectivity index (χ0n) is 20.1. The van der Waals surface area contributed by atoms with E-state index in [0.29, 0.717) is 24.6 Å². The summed E-state index contributed by atoms with van der Waals surface area (Å²) in [5, 5.41) is 19.5. The lowest BCUT2D eigenvalue weighted by Gasteiger charge is -2.34. The number of carbonyl (C=O) groups is 2. The Hall–Kier alpha value is -3.87. The Morgan fingerprint density at radius 3 is 2.14 bits per heavy atom. The molecule has 1 aliphatic heterocycles. The van der Waals surface area contributed by atoms with Crippen LogP contribution in [0.3, 0.4) is 0 Å². The highest BCUT2D eigenvalue weighted by molar-refractivity contribution is 5.89. The first kappa shape index (κ1) is 27.4. The molecule has 0 amide bonds. The third-order valence-corrected chi connectivity index (χ3v) is 4.94. The predicted octanol–water partition coefficient (Wildman–Crippen LogP) is 0.275. The molecule has 190 valence electrons. The number of ether oxygens (including phenoxy) is 1. The normalized spacial score (nSPS) is 13.9. The zero-order chi connectivity index (χ0) is 25.8. The average molecular weight is 490 g/mol. The Morgan fingerprint density at radius 2 is 1.60 bits per heavy atom. The number of aryl methyl sites for hydroxylation is 3. The van der Waals surface area contributed by atoms with Crippen LogP contribution >= 0.6 is 0 Å². The number of rotatable bonds is 9. The summed E-state index contributed by atoms with van der Waals surface area (Å²) in [5.41, 5.74) is 1.62. The first-order valence-corrected chi connectivity index (χ1v) is 11.1. The molecule has 2 aromatic rings. The van der Waals surface area contributed by atoms with Crippen LogP contribution in [0.25, 0.3) is 0 Å². The minimum Gasteiger partial charge on any atom is -0.478 e. The van der Waals surface area contributed by atoms with E-state index in [0.717, 1.165) is 62.9 Å². The lowest BCUT2D eigenvalue weighted by Crippen LogP contribution is -2.47. The second-order valence-corrected chi connectivity index (χ2v) is 7.85. The number of anilines is 1. The SMILES string of the molecule is Cc1cc(C)nc(N2CCN(CCCCOc3cnn(C)c(=O)n3)CC2)n1.O=C(O)C=CC(=O)O. The largest absolute Gasteiger partial charge is 0.478 e. The highest BCUT2D eigenvalue weighted by atomic mass is 16.5. The molecule has 0 aliphatic carbocycles. The molecule has 1 fully saturated rings. The van der Waals surface area contributed by atoms with Crippen molar-refractivity contribution in [1.82, 2.24) is 29.6 Å². The van der Waals surface area contributed by atoms with Gasteiger partial charge in [0.15, 0.2) is 0 Å². The summed E-state index contributed by atoms with van der Waals surface area (Å²) in [6, 6.07) is 2.00. The van der Waals surface area contributed by atoms with Crippen LogP contribution in [0, 0.1) is 13.8 Å². The maximum absolute atomic E-state index is 11.4. The van der Waals surface area contributed by atoms with Gasteiger partial charge >= 0.3 is 17.6 Å². The molecular weight excluding hydrogens is 458 g/mol. The molecular formula is C22H31N7O6. The van der Waals surface area contributed by atoms with Gasteiger partial charge in [0, 0.05) is 56.8 Å². The van der Waals surface area contributed by atoms with Gasteiger partial charge in [0.1, 0.15) is 6.20 Å². The molecule has 35 heavy (non-hydrogen) atoms. The fourth-order valence-corrected chi connectivity index (χ4v) is 3.23. The van der Waals surface area contributed by atoms with Gasteiger partial charge in [-0.05, 0) is 39.3 Å². The molecule has 3 heterocycles. The van der Waals surface area contributed by atoms with Crippen molar-refractivity contribution in [2.45, 2.75) is 26.7 Å². The van der Waals surface area contributed by atoms with Crippen LogP contribution < -0.4 is 15.3 Å². The first-order chi connectivity index (χ1) is 16.6. The van der Waals surface area contributed by atoms with E-state index in [-0.39, 0.29) is 0 Å². The fourth-order valence-electron chi connectivity index (χ4n) is 3.23. The number of hydrogen-bond acceptors (Lipinski definition) is 10. The summed E-state index contributed by atoms with van der Waals surface area (Å²) in [6.45, 7) is 9.51. The van der Waals surface area contributed by atoms with Crippen molar-refractivity contribution in [3.8, 4) is 5.88 Å². The third-order valence-electron chi connectivity index (χ3n) is 4.94. The molecule has 0 unspecified atom stereocenters. The third kappa shape index (κ3) is 10.3. The Bertz CT molecular complexity index is 1040. The number of piperazine rings is 1. The van der Waals surface area contributed by atoms with Gasteiger partial charge < -0.3 is 19.8 Å². The zero-order valence-corrected chi connectivity index (χ0v) is 20.1. The van der Waals surface area contributed by atoms with E-state index >= 15 is 0 Å². The predicted molar refractivity (Wildman–Crippen MR) is 127 cm³/mol. The monoisotopic (exact) mass is 489 g/mol. The van der Waals surface area contributed by atoms with Gasteiger partial charge in [-0.2, -0.15) is 10.1 Å². The van der Waals surface area contributed by atoms with Gasteiger partial charge in [-0.25, -0.2) is 29.0 Å². The quantitative estimate of drug-likeness (QED) is 0.366. The molecule has 1 aliphatic rings. The molecule has 2 aromatic heterocycles. The van der Waals surface area contributed by atoms with Crippen molar-refractivity contribution in [2.24, 2.45) is 7.05 Å². The number of unbranched alkanes of at least 4 members (excludes halogenated alkanes) is 1. The van der Waals surface area contributed by atoms with Gasteiger partial charge in [-0.3, -0.25) is 4.90 Å². The molecule has 13 heteroatoms. The maximum Gasteiger partial charge on any atom is 0.366 e. The summed E-state index contributed by atoms with van der Waals surface area (Å²) < 4.78 is 6.67. The van der Waals surface area contributed by atoms with E-state index in [9.17, 15) is 14.4 Å². The van der Waals surface area contributed by atoms with Gasteiger partial charge in [0.2, 0.25) is 11.8 Å². The second kappa shape index (κ2) is 13.7. The molecule has 0 bridgehead atoms. The smallest absolute Gasteiger partial charge is 0.366 e.